The Hall–Kier alpha value is -1.60. The van der Waals surface area contributed by atoms with Gasteiger partial charge < -0.3 is 10.5 Å². The first kappa shape index (κ1) is 13.8. The predicted molar refractivity (Wildman–Crippen MR) is 72.0 cm³/mol. The van der Waals surface area contributed by atoms with Gasteiger partial charge in [-0.25, -0.2) is 14.2 Å². The Balaban J connectivity index is 2.61. The number of imidazole rings is 1. The third kappa shape index (κ3) is 2.43. The highest BCUT2D eigenvalue weighted by Crippen LogP contribution is 2.32. The number of anilines is 1. The van der Waals surface area contributed by atoms with Crippen LogP contribution in [0.15, 0.2) is 22.9 Å². The van der Waals surface area contributed by atoms with Crippen LogP contribution in [0.5, 0.6) is 0 Å². The van der Waals surface area contributed by atoms with Gasteiger partial charge in [-0.05, 0) is 28.1 Å². The van der Waals surface area contributed by atoms with E-state index in [1.807, 2.05) is 0 Å². The summed E-state index contributed by atoms with van der Waals surface area (Å²) in [4.78, 5) is 15.3. The molecule has 2 N–H and O–H groups in total. The van der Waals surface area contributed by atoms with E-state index < -0.39 is 11.8 Å². The molecule has 0 fully saturated rings. The first-order valence-electron chi connectivity index (χ1n) is 5.01. The summed E-state index contributed by atoms with van der Waals surface area (Å²) in [5, 5.41) is 0.132. The lowest BCUT2D eigenvalue weighted by atomic mass is 10.3. The molecular weight excluding hydrogens is 340 g/mol. The van der Waals surface area contributed by atoms with Crippen LogP contribution in [0.1, 0.15) is 10.5 Å². The van der Waals surface area contributed by atoms with Crippen molar-refractivity contribution in [1.29, 1.82) is 0 Å². The number of aromatic nitrogens is 2. The molecule has 2 rings (SSSR count). The van der Waals surface area contributed by atoms with Crippen LogP contribution >= 0.6 is 27.5 Å². The number of rotatable bonds is 2. The maximum absolute atomic E-state index is 13.2. The molecule has 0 spiro atoms. The number of methoxy groups -OCH3 is 1. The third-order valence-electron chi connectivity index (χ3n) is 2.41. The van der Waals surface area contributed by atoms with Crippen molar-refractivity contribution in [3.05, 3.63) is 39.5 Å². The van der Waals surface area contributed by atoms with Crippen LogP contribution < -0.4 is 5.73 Å². The van der Waals surface area contributed by atoms with Crippen molar-refractivity contribution in [1.82, 2.24) is 9.55 Å². The van der Waals surface area contributed by atoms with Crippen molar-refractivity contribution < 1.29 is 13.9 Å². The van der Waals surface area contributed by atoms with Crippen molar-refractivity contribution in [2.45, 2.75) is 0 Å². The topological polar surface area (TPSA) is 70.1 Å². The number of hydrogen-bond donors (Lipinski definition) is 1. The smallest absolute Gasteiger partial charge is 0.360 e. The zero-order valence-electron chi connectivity index (χ0n) is 9.65. The van der Waals surface area contributed by atoms with E-state index >= 15 is 0 Å². The normalized spacial score (nSPS) is 10.5. The van der Waals surface area contributed by atoms with E-state index in [1.54, 1.807) is 0 Å². The number of carbonyl (C=O) groups is 1. The van der Waals surface area contributed by atoms with Crippen molar-refractivity contribution in [3.8, 4) is 5.69 Å². The molecular formula is C11H8BrClFN3O2. The summed E-state index contributed by atoms with van der Waals surface area (Å²) in [6.45, 7) is 0. The van der Waals surface area contributed by atoms with Gasteiger partial charge in [0.05, 0.1) is 17.8 Å². The molecule has 0 atom stereocenters. The molecule has 0 saturated heterocycles. The van der Waals surface area contributed by atoms with Crippen LogP contribution in [0.2, 0.25) is 5.02 Å². The van der Waals surface area contributed by atoms with Gasteiger partial charge in [-0.15, -0.1) is 0 Å². The monoisotopic (exact) mass is 347 g/mol. The summed E-state index contributed by atoms with van der Waals surface area (Å²) in [5.74, 6) is -1.10. The number of nitrogens with two attached hydrogens (primary N) is 1. The lowest BCUT2D eigenvalue weighted by molar-refractivity contribution is 0.0596. The standard InChI is InChI=1S/C11H8BrClFN3O2/c1-19-11(18)8-10(15)17(4-16-8)9-6(12)2-5(14)3-7(9)13/h2-4H,15H2,1H3. The van der Waals surface area contributed by atoms with E-state index in [9.17, 15) is 9.18 Å². The zero-order valence-corrected chi connectivity index (χ0v) is 12.0. The lowest BCUT2D eigenvalue weighted by Gasteiger charge is -2.10. The maximum Gasteiger partial charge on any atom is 0.360 e. The average molecular weight is 349 g/mol. The van der Waals surface area contributed by atoms with Gasteiger partial charge in [0.15, 0.2) is 5.69 Å². The second-order valence-corrected chi connectivity index (χ2v) is 4.82. The van der Waals surface area contributed by atoms with Gasteiger partial charge in [-0.2, -0.15) is 0 Å². The Morgan fingerprint density at radius 3 is 2.84 bits per heavy atom. The Labute approximate surface area is 121 Å². The van der Waals surface area contributed by atoms with Gasteiger partial charge in [-0.1, -0.05) is 11.6 Å². The Morgan fingerprint density at radius 2 is 2.26 bits per heavy atom. The highest BCUT2D eigenvalue weighted by Gasteiger charge is 2.20. The quantitative estimate of drug-likeness (QED) is 0.847. The molecule has 8 heteroatoms. The predicted octanol–water partition coefficient (Wildman–Crippen LogP) is 2.80. The summed E-state index contributed by atoms with van der Waals surface area (Å²) >= 11 is 9.16. The Morgan fingerprint density at radius 1 is 1.58 bits per heavy atom. The molecule has 0 bridgehead atoms. The fourth-order valence-electron chi connectivity index (χ4n) is 1.55. The van der Waals surface area contributed by atoms with E-state index in [4.69, 9.17) is 17.3 Å². The fraction of sp³-hybridized carbons (Fsp3) is 0.0909. The van der Waals surface area contributed by atoms with Crippen LogP contribution in [-0.4, -0.2) is 22.6 Å². The molecule has 0 unspecified atom stereocenters. The number of esters is 1. The first-order chi connectivity index (χ1) is 8.95. The number of nitrogen functional groups attached to an aromatic ring is 1. The fourth-order valence-corrected chi connectivity index (χ4v) is 2.59. The van der Waals surface area contributed by atoms with Gasteiger partial charge in [-0.3, -0.25) is 4.57 Å². The molecule has 0 radical (unpaired) electrons. The van der Waals surface area contributed by atoms with Crippen LogP contribution in [0, 0.1) is 5.82 Å². The van der Waals surface area contributed by atoms with Crippen LogP contribution in [-0.2, 0) is 4.74 Å². The summed E-state index contributed by atoms with van der Waals surface area (Å²) in [7, 11) is 1.22. The number of carbonyl (C=O) groups excluding carboxylic acids is 1. The van der Waals surface area contributed by atoms with Crippen molar-refractivity contribution in [3.63, 3.8) is 0 Å². The van der Waals surface area contributed by atoms with Crippen molar-refractivity contribution >= 4 is 39.3 Å². The Kier molecular flexibility index (Phi) is 3.77. The molecule has 1 heterocycles. The third-order valence-corrected chi connectivity index (χ3v) is 3.30. The van der Waals surface area contributed by atoms with Crippen LogP contribution in [0.3, 0.4) is 0 Å². The highest BCUT2D eigenvalue weighted by molar-refractivity contribution is 9.10. The number of benzene rings is 1. The number of nitrogens with zero attached hydrogens (tertiary/aromatic N) is 2. The number of halogens is 3. The van der Waals surface area contributed by atoms with Crippen molar-refractivity contribution in [2.24, 2.45) is 0 Å². The molecule has 0 aliphatic carbocycles. The van der Waals surface area contributed by atoms with Gasteiger partial charge in [0.1, 0.15) is 18.0 Å². The molecule has 0 amide bonds. The summed E-state index contributed by atoms with van der Waals surface area (Å²) in [5.41, 5.74) is 6.17. The largest absolute Gasteiger partial charge is 0.464 e. The number of ether oxygens (including phenoxy) is 1. The summed E-state index contributed by atoms with van der Waals surface area (Å²) in [6.07, 6.45) is 1.31. The van der Waals surface area contributed by atoms with E-state index in [0.29, 0.717) is 10.2 Å². The van der Waals surface area contributed by atoms with Gasteiger partial charge in [0.25, 0.3) is 0 Å². The molecule has 0 aliphatic heterocycles. The molecule has 5 nitrogen and oxygen atoms in total. The van der Waals surface area contributed by atoms with E-state index in [-0.39, 0.29) is 16.5 Å². The van der Waals surface area contributed by atoms with Gasteiger partial charge in [0.2, 0.25) is 0 Å². The zero-order chi connectivity index (χ0) is 14.2. The molecule has 0 saturated carbocycles. The van der Waals surface area contributed by atoms with Crippen LogP contribution in [0.25, 0.3) is 5.69 Å². The van der Waals surface area contributed by atoms with E-state index in [0.717, 1.165) is 6.07 Å². The molecule has 0 aliphatic rings. The second-order valence-electron chi connectivity index (χ2n) is 3.56. The average Bonchev–Trinajstić information content (AvgIpc) is 2.69. The molecule has 1 aromatic heterocycles. The number of hydrogen-bond acceptors (Lipinski definition) is 4. The minimum Gasteiger partial charge on any atom is -0.464 e. The Bertz CT molecular complexity index is 636. The van der Waals surface area contributed by atoms with Crippen LogP contribution in [0.4, 0.5) is 10.2 Å². The van der Waals surface area contributed by atoms with Gasteiger partial charge in [0, 0.05) is 4.47 Å². The minimum absolute atomic E-state index is 0.0326. The first-order valence-corrected chi connectivity index (χ1v) is 6.18. The summed E-state index contributed by atoms with van der Waals surface area (Å²) < 4.78 is 19.5. The molecule has 100 valence electrons. The SMILES string of the molecule is COC(=O)c1ncn(-c2c(Cl)cc(F)cc2Br)c1N. The highest BCUT2D eigenvalue weighted by atomic mass is 79.9. The second kappa shape index (κ2) is 5.18. The van der Waals surface area contributed by atoms with Crippen molar-refractivity contribution in [2.75, 3.05) is 12.8 Å². The van der Waals surface area contributed by atoms with E-state index in [1.165, 1.54) is 24.1 Å². The molecule has 2 aromatic rings. The van der Waals surface area contributed by atoms with Gasteiger partial charge >= 0.3 is 5.97 Å². The molecule has 19 heavy (non-hydrogen) atoms. The minimum atomic E-state index is -0.661. The van der Waals surface area contributed by atoms with E-state index in [2.05, 4.69) is 25.7 Å². The molecule has 1 aromatic carbocycles. The summed E-state index contributed by atoms with van der Waals surface area (Å²) in [6, 6.07) is 2.37. The lowest BCUT2D eigenvalue weighted by Crippen LogP contribution is -2.08. The maximum atomic E-state index is 13.2.